The van der Waals surface area contributed by atoms with Crippen LogP contribution in [0, 0.1) is 15.9 Å². The highest BCUT2D eigenvalue weighted by atomic mass is 19.1. The number of nitrogens with two attached hydrogens (primary N) is 1. The van der Waals surface area contributed by atoms with Crippen LogP contribution in [-0.4, -0.2) is 16.9 Å². The van der Waals surface area contributed by atoms with Gasteiger partial charge < -0.3 is 5.73 Å². The maximum Gasteiger partial charge on any atom is 0.269 e. The van der Waals surface area contributed by atoms with Gasteiger partial charge in [0.15, 0.2) is 0 Å². The average Bonchev–Trinajstić information content (AvgIpc) is 2.41. The van der Waals surface area contributed by atoms with E-state index in [2.05, 4.69) is 0 Å². The van der Waals surface area contributed by atoms with E-state index in [1.165, 1.54) is 30.3 Å². The average molecular weight is 289 g/mol. The number of benzene rings is 2. The molecule has 0 spiro atoms. The van der Waals surface area contributed by atoms with Crippen molar-refractivity contribution in [1.29, 1.82) is 0 Å². The van der Waals surface area contributed by atoms with Gasteiger partial charge in [-0.25, -0.2) is 4.39 Å². The smallest absolute Gasteiger partial charge is 0.269 e. The first-order chi connectivity index (χ1) is 9.95. The predicted molar refractivity (Wildman–Crippen MR) is 79.1 cm³/mol. The fraction of sp³-hybridized carbons (Fsp3) is 0.200. The number of nitro groups is 1. The molecule has 0 saturated heterocycles. The molecule has 2 rings (SSSR count). The second kappa shape index (κ2) is 6.32. The van der Waals surface area contributed by atoms with Gasteiger partial charge in [0, 0.05) is 30.9 Å². The Morgan fingerprint density at radius 2 is 2.00 bits per heavy atom. The SMILES string of the molecule is CN(Cc1cccc(F)c1)Cc1cc([N+](=O)[O-])ccc1N. The van der Waals surface area contributed by atoms with Crippen molar-refractivity contribution >= 4 is 11.4 Å². The molecule has 0 aromatic heterocycles. The van der Waals surface area contributed by atoms with Crippen LogP contribution in [0.3, 0.4) is 0 Å². The summed E-state index contributed by atoms with van der Waals surface area (Å²) in [5, 5.41) is 10.8. The second-order valence-corrected chi connectivity index (χ2v) is 4.94. The summed E-state index contributed by atoms with van der Waals surface area (Å²) in [6.07, 6.45) is 0. The van der Waals surface area contributed by atoms with Crippen molar-refractivity contribution in [2.45, 2.75) is 13.1 Å². The number of halogens is 1. The van der Waals surface area contributed by atoms with Crippen molar-refractivity contribution in [3.05, 3.63) is 69.5 Å². The Balaban J connectivity index is 2.10. The van der Waals surface area contributed by atoms with E-state index in [1.807, 2.05) is 18.0 Å². The zero-order valence-electron chi connectivity index (χ0n) is 11.6. The number of nitro benzene ring substituents is 1. The van der Waals surface area contributed by atoms with Gasteiger partial charge >= 0.3 is 0 Å². The van der Waals surface area contributed by atoms with E-state index in [1.54, 1.807) is 6.07 Å². The zero-order chi connectivity index (χ0) is 15.4. The number of nitrogen functional groups attached to an aromatic ring is 1. The summed E-state index contributed by atoms with van der Waals surface area (Å²) in [7, 11) is 1.85. The molecule has 0 aliphatic heterocycles. The van der Waals surface area contributed by atoms with Gasteiger partial charge in [0.25, 0.3) is 5.69 Å². The molecule has 0 unspecified atom stereocenters. The van der Waals surface area contributed by atoms with E-state index < -0.39 is 4.92 Å². The van der Waals surface area contributed by atoms with Gasteiger partial charge in [0.1, 0.15) is 5.82 Å². The number of rotatable bonds is 5. The monoisotopic (exact) mass is 289 g/mol. The van der Waals surface area contributed by atoms with Crippen LogP contribution in [0.25, 0.3) is 0 Å². The maximum absolute atomic E-state index is 13.1. The largest absolute Gasteiger partial charge is 0.398 e. The molecule has 0 bridgehead atoms. The van der Waals surface area contributed by atoms with Crippen LogP contribution in [0.1, 0.15) is 11.1 Å². The normalized spacial score (nSPS) is 10.8. The Labute approximate surface area is 122 Å². The highest BCUT2D eigenvalue weighted by Crippen LogP contribution is 2.21. The third kappa shape index (κ3) is 4.00. The number of nitrogens with zero attached hydrogens (tertiary/aromatic N) is 2. The topological polar surface area (TPSA) is 72.4 Å². The van der Waals surface area contributed by atoms with Crippen molar-refractivity contribution < 1.29 is 9.31 Å². The number of hydrogen-bond acceptors (Lipinski definition) is 4. The molecule has 5 nitrogen and oxygen atoms in total. The highest BCUT2D eigenvalue weighted by Gasteiger charge is 2.11. The van der Waals surface area contributed by atoms with Crippen LogP contribution < -0.4 is 5.73 Å². The Bertz CT molecular complexity index is 661. The Morgan fingerprint density at radius 1 is 1.24 bits per heavy atom. The van der Waals surface area contributed by atoms with Crippen LogP contribution in [0.15, 0.2) is 42.5 Å². The summed E-state index contributed by atoms with van der Waals surface area (Å²) in [6.45, 7) is 0.976. The molecule has 0 atom stereocenters. The lowest BCUT2D eigenvalue weighted by atomic mass is 10.1. The molecule has 110 valence electrons. The van der Waals surface area contributed by atoms with Gasteiger partial charge in [-0.15, -0.1) is 0 Å². The van der Waals surface area contributed by atoms with E-state index >= 15 is 0 Å². The predicted octanol–water partition coefficient (Wildman–Crippen LogP) is 2.95. The maximum atomic E-state index is 13.1. The third-order valence-electron chi connectivity index (χ3n) is 3.12. The number of non-ortho nitro benzene ring substituents is 1. The fourth-order valence-corrected chi connectivity index (χ4v) is 2.14. The highest BCUT2D eigenvalue weighted by molar-refractivity contribution is 5.52. The van der Waals surface area contributed by atoms with Crippen LogP contribution in [-0.2, 0) is 13.1 Å². The molecule has 0 radical (unpaired) electrons. The first kappa shape index (κ1) is 14.9. The molecule has 6 heteroatoms. The van der Waals surface area contributed by atoms with Crippen molar-refractivity contribution in [1.82, 2.24) is 4.90 Å². The van der Waals surface area contributed by atoms with E-state index in [-0.39, 0.29) is 11.5 Å². The molecule has 21 heavy (non-hydrogen) atoms. The summed E-state index contributed by atoms with van der Waals surface area (Å²) >= 11 is 0. The summed E-state index contributed by atoms with van der Waals surface area (Å²) in [4.78, 5) is 12.3. The van der Waals surface area contributed by atoms with Gasteiger partial charge in [-0.2, -0.15) is 0 Å². The minimum absolute atomic E-state index is 0.0124. The molecule has 0 amide bonds. The Kier molecular flexibility index (Phi) is 4.49. The molecule has 0 aliphatic rings. The molecule has 0 heterocycles. The first-order valence-corrected chi connectivity index (χ1v) is 6.41. The van der Waals surface area contributed by atoms with Gasteiger partial charge in [-0.3, -0.25) is 15.0 Å². The van der Waals surface area contributed by atoms with Crippen molar-refractivity contribution in [2.24, 2.45) is 0 Å². The lowest BCUT2D eigenvalue weighted by Crippen LogP contribution is -2.18. The number of anilines is 1. The molecule has 2 aromatic carbocycles. The van der Waals surface area contributed by atoms with Crippen LogP contribution in [0.4, 0.5) is 15.8 Å². The molecule has 0 aliphatic carbocycles. The van der Waals surface area contributed by atoms with Crippen LogP contribution in [0.2, 0.25) is 0 Å². The third-order valence-corrected chi connectivity index (χ3v) is 3.12. The Hall–Kier alpha value is -2.47. The lowest BCUT2D eigenvalue weighted by Gasteiger charge is -2.18. The molecular formula is C15H16FN3O2. The molecule has 2 N–H and O–H groups in total. The molecule has 2 aromatic rings. The van der Waals surface area contributed by atoms with Crippen molar-refractivity contribution in [3.8, 4) is 0 Å². The van der Waals surface area contributed by atoms with E-state index in [4.69, 9.17) is 5.73 Å². The van der Waals surface area contributed by atoms with E-state index in [9.17, 15) is 14.5 Å². The van der Waals surface area contributed by atoms with Gasteiger partial charge in [0.2, 0.25) is 0 Å². The second-order valence-electron chi connectivity index (χ2n) is 4.94. The van der Waals surface area contributed by atoms with Crippen LogP contribution >= 0.6 is 0 Å². The molecule has 0 saturated carbocycles. The number of hydrogen-bond donors (Lipinski definition) is 1. The quantitative estimate of drug-likeness (QED) is 0.522. The summed E-state index contributed by atoms with van der Waals surface area (Å²) in [5.41, 5.74) is 7.88. The van der Waals surface area contributed by atoms with Crippen LogP contribution in [0.5, 0.6) is 0 Å². The summed E-state index contributed by atoms with van der Waals surface area (Å²) < 4.78 is 13.1. The Morgan fingerprint density at radius 3 is 2.67 bits per heavy atom. The minimum atomic E-state index is -0.449. The zero-order valence-corrected chi connectivity index (χ0v) is 11.6. The van der Waals surface area contributed by atoms with Gasteiger partial charge in [-0.05, 0) is 36.4 Å². The van der Waals surface area contributed by atoms with E-state index in [0.717, 1.165) is 5.56 Å². The lowest BCUT2D eigenvalue weighted by molar-refractivity contribution is -0.384. The molecule has 0 fully saturated rings. The fourth-order valence-electron chi connectivity index (χ4n) is 2.14. The van der Waals surface area contributed by atoms with Crippen molar-refractivity contribution in [3.63, 3.8) is 0 Å². The first-order valence-electron chi connectivity index (χ1n) is 6.41. The van der Waals surface area contributed by atoms with Gasteiger partial charge in [-0.1, -0.05) is 12.1 Å². The van der Waals surface area contributed by atoms with Crippen molar-refractivity contribution in [2.75, 3.05) is 12.8 Å². The van der Waals surface area contributed by atoms with E-state index in [0.29, 0.717) is 24.3 Å². The summed E-state index contributed by atoms with van der Waals surface area (Å²) in [6, 6.07) is 10.7. The summed E-state index contributed by atoms with van der Waals surface area (Å²) in [5.74, 6) is -0.282. The minimum Gasteiger partial charge on any atom is -0.398 e. The van der Waals surface area contributed by atoms with Gasteiger partial charge in [0.05, 0.1) is 4.92 Å². The standard InChI is InChI=1S/C15H16FN3O2/c1-18(9-11-3-2-4-13(16)7-11)10-12-8-14(19(20)21)5-6-15(12)17/h2-8H,9-10,17H2,1H3. The molecular weight excluding hydrogens is 273 g/mol.